The topological polar surface area (TPSA) is 125 Å². The van der Waals surface area contributed by atoms with Crippen molar-refractivity contribution < 1.29 is 18.3 Å². The Bertz CT molecular complexity index is 1270. The lowest BCUT2D eigenvalue weighted by Gasteiger charge is -2.14. The van der Waals surface area contributed by atoms with Gasteiger partial charge in [0, 0.05) is 11.3 Å². The number of amides is 1. The molecule has 1 aliphatic heterocycles. The predicted octanol–water partition coefficient (Wildman–Crippen LogP) is 3.75. The Kier molecular flexibility index (Phi) is 7.62. The van der Waals surface area contributed by atoms with Crippen molar-refractivity contribution in [2.45, 2.75) is 31.1 Å². The highest BCUT2D eigenvalue weighted by atomic mass is 32.2. The molecule has 0 bridgehead atoms. The molecule has 35 heavy (non-hydrogen) atoms. The minimum Gasteiger partial charge on any atom is -0.508 e. The van der Waals surface area contributed by atoms with Crippen LogP contribution in [0.1, 0.15) is 35.2 Å². The van der Waals surface area contributed by atoms with Crippen molar-refractivity contribution in [2.24, 2.45) is 0 Å². The zero-order valence-corrected chi connectivity index (χ0v) is 20.4. The fraction of sp³-hybridized carbons (Fsp3) is 0.320. The highest BCUT2D eigenvalue weighted by molar-refractivity contribution is 7.91. The van der Waals surface area contributed by atoms with Crippen LogP contribution in [0.15, 0.2) is 59.8 Å². The third-order valence-electron chi connectivity index (χ3n) is 5.92. The predicted molar refractivity (Wildman–Crippen MR) is 135 cm³/mol. The van der Waals surface area contributed by atoms with Crippen LogP contribution in [-0.2, 0) is 9.84 Å². The molecule has 3 aromatic rings. The average Bonchev–Trinajstić information content (AvgIpc) is 3.34. The third kappa shape index (κ3) is 6.55. The molecule has 184 valence electrons. The van der Waals surface area contributed by atoms with E-state index in [0.717, 1.165) is 19.6 Å². The maximum absolute atomic E-state index is 12.6. The number of aromatic hydroxyl groups is 1. The Balaban J connectivity index is 1.31. The lowest BCUT2D eigenvalue weighted by molar-refractivity contribution is 0.102. The van der Waals surface area contributed by atoms with Gasteiger partial charge in [-0.3, -0.25) is 4.79 Å². The van der Waals surface area contributed by atoms with Crippen molar-refractivity contribution >= 4 is 33.1 Å². The highest BCUT2D eigenvalue weighted by Crippen LogP contribution is 2.20. The van der Waals surface area contributed by atoms with E-state index >= 15 is 0 Å². The van der Waals surface area contributed by atoms with Gasteiger partial charge in [0.1, 0.15) is 5.75 Å². The highest BCUT2D eigenvalue weighted by Gasteiger charge is 2.17. The van der Waals surface area contributed by atoms with E-state index in [-0.39, 0.29) is 17.4 Å². The van der Waals surface area contributed by atoms with Crippen molar-refractivity contribution in [3.8, 4) is 5.75 Å². The molecule has 0 aliphatic carbocycles. The van der Waals surface area contributed by atoms with Crippen molar-refractivity contribution in [1.82, 2.24) is 14.9 Å². The van der Waals surface area contributed by atoms with Gasteiger partial charge in [0.05, 0.1) is 28.7 Å². The number of phenols is 1. The number of benzene rings is 2. The van der Waals surface area contributed by atoms with E-state index in [2.05, 4.69) is 25.5 Å². The second kappa shape index (κ2) is 10.8. The van der Waals surface area contributed by atoms with Crippen molar-refractivity contribution in [3.05, 3.63) is 66.0 Å². The summed E-state index contributed by atoms with van der Waals surface area (Å²) >= 11 is 0. The number of carbonyl (C=O) groups excluding carboxylic acids is 1. The summed E-state index contributed by atoms with van der Waals surface area (Å²) < 4.78 is 25.3. The van der Waals surface area contributed by atoms with E-state index < -0.39 is 9.84 Å². The first-order valence-electron chi connectivity index (χ1n) is 11.6. The first-order chi connectivity index (χ1) is 16.8. The van der Waals surface area contributed by atoms with Crippen LogP contribution in [0, 0.1) is 6.92 Å². The van der Waals surface area contributed by atoms with E-state index in [1.807, 2.05) is 0 Å². The molecule has 0 spiro atoms. The zero-order chi connectivity index (χ0) is 24.8. The van der Waals surface area contributed by atoms with Gasteiger partial charge in [-0.1, -0.05) is 0 Å². The average molecular weight is 496 g/mol. The molecule has 3 N–H and O–H groups in total. The minimum absolute atomic E-state index is 0.0981. The van der Waals surface area contributed by atoms with E-state index in [9.17, 15) is 18.3 Å². The Morgan fingerprint density at radius 3 is 2.37 bits per heavy atom. The first kappa shape index (κ1) is 24.6. The van der Waals surface area contributed by atoms with Crippen LogP contribution >= 0.6 is 0 Å². The maximum atomic E-state index is 12.6. The smallest absolute Gasteiger partial charge is 0.256 e. The third-order valence-corrected chi connectivity index (χ3v) is 7.74. The largest absolute Gasteiger partial charge is 0.508 e. The minimum atomic E-state index is -3.33. The number of hydrogen-bond acceptors (Lipinski definition) is 8. The van der Waals surface area contributed by atoms with Gasteiger partial charge >= 0.3 is 0 Å². The van der Waals surface area contributed by atoms with Gasteiger partial charge in [0.2, 0.25) is 5.95 Å². The fourth-order valence-corrected chi connectivity index (χ4v) is 5.33. The quantitative estimate of drug-likeness (QED) is 0.410. The summed E-state index contributed by atoms with van der Waals surface area (Å²) in [6.45, 7) is 4.69. The van der Waals surface area contributed by atoms with E-state index in [1.165, 1.54) is 37.4 Å². The number of aryl methyl sites for hydroxylation is 1. The zero-order valence-electron chi connectivity index (χ0n) is 19.6. The van der Waals surface area contributed by atoms with Crippen LogP contribution in [0.3, 0.4) is 0 Å². The standard InChI is InChI=1S/C25H29N5O4S/c1-18-15-21(31)7-10-23(18)24(32)28-20-16-26-25(27-17-20)29-19-5-8-22(9-6-19)35(33,34)14-4-13-30-11-2-3-12-30/h5-10,15-17,31H,2-4,11-14H2,1H3,(H,28,32)(H,26,27,29). The van der Waals surface area contributed by atoms with Gasteiger partial charge in [-0.15, -0.1) is 0 Å². The number of carbonyl (C=O) groups is 1. The summed E-state index contributed by atoms with van der Waals surface area (Å²) in [5, 5.41) is 15.2. The van der Waals surface area contributed by atoms with Crippen molar-refractivity contribution in [1.29, 1.82) is 0 Å². The van der Waals surface area contributed by atoms with Crippen molar-refractivity contribution in [3.63, 3.8) is 0 Å². The lowest BCUT2D eigenvalue weighted by atomic mass is 10.1. The molecule has 10 heteroatoms. The van der Waals surface area contributed by atoms with Crippen molar-refractivity contribution in [2.75, 3.05) is 36.0 Å². The molecular formula is C25H29N5O4S. The molecule has 1 aliphatic rings. The second-order valence-corrected chi connectivity index (χ2v) is 10.7. The molecular weight excluding hydrogens is 466 g/mol. The van der Waals surface area contributed by atoms with E-state index in [0.29, 0.717) is 39.8 Å². The van der Waals surface area contributed by atoms with Gasteiger partial charge in [-0.05, 0) is 93.8 Å². The molecule has 2 aromatic carbocycles. The number of anilines is 3. The first-order valence-corrected chi connectivity index (χ1v) is 13.2. The van der Waals surface area contributed by atoms with Crippen LogP contribution in [0.25, 0.3) is 0 Å². The number of hydrogen-bond donors (Lipinski definition) is 3. The van der Waals surface area contributed by atoms with Crippen LogP contribution < -0.4 is 10.6 Å². The Hall–Kier alpha value is -3.50. The maximum Gasteiger partial charge on any atom is 0.256 e. The fourth-order valence-electron chi connectivity index (χ4n) is 4.04. The van der Waals surface area contributed by atoms with Gasteiger partial charge < -0.3 is 20.6 Å². The van der Waals surface area contributed by atoms with Gasteiger partial charge in [0.15, 0.2) is 9.84 Å². The Morgan fingerprint density at radius 2 is 1.71 bits per heavy atom. The SMILES string of the molecule is Cc1cc(O)ccc1C(=O)Nc1cnc(Nc2ccc(S(=O)(=O)CCCN3CCCC3)cc2)nc1. The normalized spacial score (nSPS) is 14.1. The molecule has 0 atom stereocenters. The molecule has 4 rings (SSSR count). The van der Waals surface area contributed by atoms with Gasteiger partial charge in [0.25, 0.3) is 5.91 Å². The Morgan fingerprint density at radius 1 is 1.03 bits per heavy atom. The monoisotopic (exact) mass is 495 g/mol. The number of sulfone groups is 1. The lowest BCUT2D eigenvalue weighted by Crippen LogP contribution is -2.22. The molecule has 0 unspecified atom stereocenters. The number of likely N-dealkylation sites (tertiary alicyclic amines) is 1. The number of aromatic nitrogens is 2. The van der Waals surface area contributed by atoms with Crippen LogP contribution in [0.5, 0.6) is 5.75 Å². The van der Waals surface area contributed by atoms with Crippen LogP contribution in [-0.4, -0.2) is 59.7 Å². The van der Waals surface area contributed by atoms with Crippen LogP contribution in [0.2, 0.25) is 0 Å². The molecule has 1 aromatic heterocycles. The number of phenolic OH excluding ortho intramolecular Hbond substituents is 1. The molecule has 0 saturated carbocycles. The molecule has 2 heterocycles. The number of rotatable bonds is 9. The van der Waals surface area contributed by atoms with Crippen LogP contribution in [0.4, 0.5) is 17.3 Å². The van der Waals surface area contributed by atoms with Gasteiger partial charge in [-0.25, -0.2) is 18.4 Å². The number of nitrogens with one attached hydrogen (secondary N) is 2. The summed E-state index contributed by atoms with van der Waals surface area (Å²) in [5.74, 6) is 0.214. The summed E-state index contributed by atoms with van der Waals surface area (Å²) in [6.07, 6.45) is 5.97. The van der Waals surface area contributed by atoms with Gasteiger partial charge in [-0.2, -0.15) is 0 Å². The molecule has 1 amide bonds. The van der Waals surface area contributed by atoms with E-state index in [4.69, 9.17) is 0 Å². The van der Waals surface area contributed by atoms with E-state index in [1.54, 1.807) is 37.3 Å². The Labute approximate surface area is 205 Å². The summed E-state index contributed by atoms with van der Waals surface area (Å²) in [5.41, 5.74) is 2.16. The number of nitrogens with zero attached hydrogens (tertiary/aromatic N) is 3. The summed E-state index contributed by atoms with van der Waals surface area (Å²) in [4.78, 5) is 23.5. The molecule has 1 saturated heterocycles. The molecule has 1 fully saturated rings. The summed E-state index contributed by atoms with van der Waals surface area (Å²) in [6, 6.07) is 11.1. The second-order valence-electron chi connectivity index (χ2n) is 8.62. The molecule has 9 nitrogen and oxygen atoms in total. The summed E-state index contributed by atoms with van der Waals surface area (Å²) in [7, 11) is -3.33. The molecule has 0 radical (unpaired) electrons.